The largest absolute Gasteiger partial charge is 0.508 e. The highest BCUT2D eigenvalue weighted by Crippen LogP contribution is 2.09. The second-order valence-corrected chi connectivity index (χ2v) is 4.34. The maximum atomic E-state index is 11.2. The molecule has 2 N–H and O–H groups in total. The second-order valence-electron chi connectivity index (χ2n) is 4.34. The molecule has 1 aromatic carbocycles. The smallest absolute Gasteiger partial charge is 0.407 e. The molecule has 4 heteroatoms. The summed E-state index contributed by atoms with van der Waals surface area (Å²) in [6.45, 7) is 4.94. The predicted octanol–water partition coefficient (Wildman–Crippen LogP) is 2.32. The lowest BCUT2D eigenvalue weighted by Gasteiger charge is -2.08. The summed E-state index contributed by atoms with van der Waals surface area (Å²) in [5.41, 5.74) is 1.06. The lowest BCUT2D eigenvalue weighted by molar-refractivity contribution is 0.133. The molecule has 0 radical (unpaired) electrons. The number of ether oxygens (including phenoxy) is 1. The Labute approximate surface area is 102 Å². The van der Waals surface area contributed by atoms with Gasteiger partial charge in [0.1, 0.15) is 5.75 Å². The van der Waals surface area contributed by atoms with E-state index in [4.69, 9.17) is 9.84 Å². The summed E-state index contributed by atoms with van der Waals surface area (Å²) in [6.07, 6.45) is 0.342. The van der Waals surface area contributed by atoms with Gasteiger partial charge in [-0.2, -0.15) is 0 Å². The van der Waals surface area contributed by atoms with Crippen LogP contribution >= 0.6 is 0 Å². The monoisotopic (exact) mass is 237 g/mol. The van der Waals surface area contributed by atoms with Crippen molar-refractivity contribution < 1.29 is 14.6 Å². The first kappa shape index (κ1) is 13.4. The van der Waals surface area contributed by atoms with Crippen LogP contribution in [0.3, 0.4) is 0 Å². The molecule has 17 heavy (non-hydrogen) atoms. The van der Waals surface area contributed by atoms with Gasteiger partial charge < -0.3 is 15.2 Å². The van der Waals surface area contributed by atoms with Gasteiger partial charge in [0.05, 0.1) is 6.61 Å². The van der Waals surface area contributed by atoms with Crippen LogP contribution in [0.15, 0.2) is 24.3 Å². The SMILES string of the molecule is CC(C)COC(=O)NCCc1ccc(O)cc1. The fraction of sp³-hybridized carbons (Fsp3) is 0.462. The van der Waals surface area contributed by atoms with Crippen molar-refractivity contribution in [3.05, 3.63) is 29.8 Å². The van der Waals surface area contributed by atoms with E-state index >= 15 is 0 Å². The molecule has 0 spiro atoms. The van der Waals surface area contributed by atoms with Gasteiger partial charge in [-0.1, -0.05) is 26.0 Å². The minimum atomic E-state index is -0.377. The van der Waals surface area contributed by atoms with Gasteiger partial charge in [-0.15, -0.1) is 0 Å². The average Bonchev–Trinajstić information content (AvgIpc) is 2.29. The van der Waals surface area contributed by atoms with Crippen molar-refractivity contribution in [3.8, 4) is 5.75 Å². The molecule has 0 aliphatic carbocycles. The van der Waals surface area contributed by atoms with Crippen molar-refractivity contribution in [2.24, 2.45) is 5.92 Å². The molecule has 0 bridgehead atoms. The third-order valence-corrected chi connectivity index (χ3v) is 2.17. The van der Waals surface area contributed by atoms with Gasteiger partial charge in [-0.05, 0) is 30.0 Å². The summed E-state index contributed by atoms with van der Waals surface area (Å²) in [5, 5.41) is 11.8. The second kappa shape index (κ2) is 6.78. The van der Waals surface area contributed by atoms with E-state index in [0.717, 1.165) is 12.0 Å². The summed E-state index contributed by atoms with van der Waals surface area (Å²) < 4.78 is 4.97. The van der Waals surface area contributed by atoms with Crippen LogP contribution in [0.25, 0.3) is 0 Å². The topological polar surface area (TPSA) is 58.6 Å². The van der Waals surface area contributed by atoms with Crippen LogP contribution in [0.5, 0.6) is 5.75 Å². The third-order valence-electron chi connectivity index (χ3n) is 2.17. The zero-order valence-electron chi connectivity index (χ0n) is 10.3. The van der Waals surface area contributed by atoms with Crippen molar-refractivity contribution in [3.63, 3.8) is 0 Å². The highest BCUT2D eigenvalue weighted by molar-refractivity contribution is 5.67. The number of rotatable bonds is 5. The van der Waals surface area contributed by atoms with E-state index in [1.165, 1.54) is 0 Å². The van der Waals surface area contributed by atoms with Crippen LogP contribution < -0.4 is 5.32 Å². The van der Waals surface area contributed by atoms with E-state index in [2.05, 4.69) is 5.32 Å². The fourth-order valence-corrected chi connectivity index (χ4v) is 1.26. The lowest BCUT2D eigenvalue weighted by Crippen LogP contribution is -2.27. The Bertz CT molecular complexity index is 346. The first-order chi connectivity index (χ1) is 8.08. The number of alkyl carbamates (subject to hydrolysis) is 1. The Morgan fingerprint density at radius 3 is 2.59 bits per heavy atom. The zero-order chi connectivity index (χ0) is 12.7. The summed E-state index contributed by atoms with van der Waals surface area (Å²) >= 11 is 0. The first-order valence-corrected chi connectivity index (χ1v) is 5.76. The molecular weight excluding hydrogens is 218 g/mol. The zero-order valence-corrected chi connectivity index (χ0v) is 10.3. The van der Waals surface area contributed by atoms with E-state index in [1.807, 2.05) is 26.0 Å². The molecule has 0 saturated carbocycles. The Hall–Kier alpha value is -1.71. The molecule has 4 nitrogen and oxygen atoms in total. The number of carbonyl (C=O) groups excluding carboxylic acids is 1. The van der Waals surface area contributed by atoms with Gasteiger partial charge in [0.15, 0.2) is 0 Å². The summed E-state index contributed by atoms with van der Waals surface area (Å²) in [4.78, 5) is 11.2. The number of benzene rings is 1. The number of hydrogen-bond donors (Lipinski definition) is 2. The molecule has 0 aromatic heterocycles. The van der Waals surface area contributed by atoms with E-state index in [9.17, 15) is 4.79 Å². The van der Waals surface area contributed by atoms with Crippen molar-refractivity contribution >= 4 is 6.09 Å². The molecule has 1 rings (SSSR count). The maximum absolute atomic E-state index is 11.2. The first-order valence-electron chi connectivity index (χ1n) is 5.76. The predicted molar refractivity (Wildman–Crippen MR) is 66.0 cm³/mol. The van der Waals surface area contributed by atoms with Crippen LogP contribution in [0.1, 0.15) is 19.4 Å². The number of phenolic OH excluding ortho intramolecular Hbond substituents is 1. The summed E-state index contributed by atoms with van der Waals surface area (Å²) in [5.74, 6) is 0.593. The van der Waals surface area contributed by atoms with Gasteiger partial charge in [-0.25, -0.2) is 4.79 Å². The molecule has 0 aliphatic rings. The van der Waals surface area contributed by atoms with E-state index < -0.39 is 0 Å². The Kier molecular flexibility index (Phi) is 5.33. The lowest BCUT2D eigenvalue weighted by atomic mass is 10.1. The number of amides is 1. The van der Waals surface area contributed by atoms with Crippen molar-refractivity contribution in [1.29, 1.82) is 0 Å². The van der Waals surface area contributed by atoms with Gasteiger partial charge in [-0.3, -0.25) is 0 Å². The van der Waals surface area contributed by atoms with Crippen LogP contribution in [0.4, 0.5) is 4.79 Å². The van der Waals surface area contributed by atoms with Gasteiger partial charge in [0, 0.05) is 6.54 Å². The maximum Gasteiger partial charge on any atom is 0.407 e. The van der Waals surface area contributed by atoms with Crippen molar-refractivity contribution in [1.82, 2.24) is 5.32 Å². The average molecular weight is 237 g/mol. The van der Waals surface area contributed by atoms with Gasteiger partial charge >= 0.3 is 6.09 Å². The number of hydrogen-bond acceptors (Lipinski definition) is 3. The molecule has 94 valence electrons. The highest BCUT2D eigenvalue weighted by atomic mass is 16.5. The number of nitrogens with one attached hydrogen (secondary N) is 1. The molecule has 0 fully saturated rings. The van der Waals surface area contributed by atoms with Crippen molar-refractivity contribution in [2.75, 3.05) is 13.2 Å². The number of phenols is 1. The number of carbonyl (C=O) groups is 1. The van der Waals surface area contributed by atoms with Crippen molar-refractivity contribution in [2.45, 2.75) is 20.3 Å². The summed E-state index contributed by atoms with van der Waals surface area (Å²) in [7, 11) is 0. The van der Waals surface area contributed by atoms with E-state index in [1.54, 1.807) is 12.1 Å². The highest BCUT2D eigenvalue weighted by Gasteiger charge is 2.02. The molecule has 0 atom stereocenters. The normalized spacial score (nSPS) is 10.3. The fourth-order valence-electron chi connectivity index (χ4n) is 1.26. The molecule has 0 unspecified atom stereocenters. The molecule has 0 saturated heterocycles. The Balaban J connectivity index is 2.19. The molecule has 1 aromatic rings. The van der Waals surface area contributed by atoms with Crippen LogP contribution in [0.2, 0.25) is 0 Å². The summed E-state index contributed by atoms with van der Waals surface area (Å²) in [6, 6.07) is 6.92. The molecular formula is C13H19NO3. The van der Waals surface area contributed by atoms with E-state index in [-0.39, 0.29) is 11.8 Å². The molecule has 0 heterocycles. The number of aromatic hydroxyl groups is 1. The molecule has 1 amide bonds. The molecule has 0 aliphatic heterocycles. The van der Waals surface area contributed by atoms with Crippen LogP contribution in [0, 0.1) is 5.92 Å². The van der Waals surface area contributed by atoms with Gasteiger partial charge in [0.25, 0.3) is 0 Å². The Morgan fingerprint density at radius 1 is 1.35 bits per heavy atom. The minimum absolute atomic E-state index is 0.248. The Morgan fingerprint density at radius 2 is 2.00 bits per heavy atom. The van der Waals surface area contributed by atoms with E-state index in [0.29, 0.717) is 19.1 Å². The van der Waals surface area contributed by atoms with Crippen LogP contribution in [-0.4, -0.2) is 24.4 Å². The minimum Gasteiger partial charge on any atom is -0.508 e. The van der Waals surface area contributed by atoms with Gasteiger partial charge in [0.2, 0.25) is 0 Å². The quantitative estimate of drug-likeness (QED) is 0.826. The standard InChI is InChI=1S/C13H19NO3/c1-10(2)9-17-13(16)14-8-7-11-3-5-12(15)6-4-11/h3-6,10,15H,7-9H2,1-2H3,(H,14,16). The van der Waals surface area contributed by atoms with Crippen LogP contribution in [-0.2, 0) is 11.2 Å². The third kappa shape index (κ3) is 5.80.